The Morgan fingerprint density at radius 1 is 0.968 bits per heavy atom. The third-order valence-corrected chi connectivity index (χ3v) is 6.39. The molecule has 4 rings (SSSR count). The van der Waals surface area contributed by atoms with Crippen molar-refractivity contribution in [3.05, 3.63) is 103 Å². The number of aryl methyl sites for hydroxylation is 2. The smallest absolute Gasteiger partial charge is 0.348 e. The van der Waals surface area contributed by atoms with Crippen molar-refractivity contribution in [2.45, 2.75) is 26.5 Å². The van der Waals surface area contributed by atoms with Gasteiger partial charge in [0.15, 0.2) is 0 Å². The zero-order valence-electron chi connectivity index (χ0n) is 17.3. The summed E-state index contributed by atoms with van der Waals surface area (Å²) >= 11 is 1.09. The van der Waals surface area contributed by atoms with Gasteiger partial charge in [-0.3, -0.25) is 13.9 Å². The maximum Gasteiger partial charge on any atom is 0.348 e. The Balaban J connectivity index is 1.61. The molecule has 158 valence electrons. The van der Waals surface area contributed by atoms with E-state index < -0.39 is 17.2 Å². The number of hydrogen-bond acceptors (Lipinski definition) is 5. The Labute approximate surface area is 183 Å². The highest BCUT2D eigenvalue weighted by atomic mass is 32.1. The van der Waals surface area contributed by atoms with E-state index >= 15 is 0 Å². The van der Waals surface area contributed by atoms with Crippen LogP contribution in [0.15, 0.2) is 70.3 Å². The molecule has 4 aromatic rings. The van der Waals surface area contributed by atoms with E-state index in [0.717, 1.165) is 28.9 Å². The van der Waals surface area contributed by atoms with Gasteiger partial charge in [-0.1, -0.05) is 61.5 Å². The standard InChI is InChI=1S/C24H22N2O4S/c1-3-16-9-11-18(12-10-16)15-30-23(28)20-13-19-21(27)26(14-17-7-5-4-6-8-17)24(29)25(2)22(19)31-20/h4-13H,3,14-15H2,1-2H3. The number of aromatic nitrogens is 2. The summed E-state index contributed by atoms with van der Waals surface area (Å²) < 4.78 is 8.02. The maximum atomic E-state index is 13.0. The first kappa shape index (κ1) is 20.8. The first-order valence-electron chi connectivity index (χ1n) is 10.00. The first-order valence-corrected chi connectivity index (χ1v) is 10.8. The van der Waals surface area contributed by atoms with Crippen LogP contribution in [0.2, 0.25) is 0 Å². The number of nitrogens with zero attached hydrogens (tertiary/aromatic N) is 2. The number of hydrogen-bond donors (Lipinski definition) is 0. The predicted molar refractivity (Wildman–Crippen MR) is 122 cm³/mol. The zero-order valence-corrected chi connectivity index (χ0v) is 18.1. The number of carbonyl (C=O) groups excluding carboxylic acids is 1. The summed E-state index contributed by atoms with van der Waals surface area (Å²) in [5, 5.41) is 0.335. The molecule has 2 aromatic carbocycles. The second kappa shape index (κ2) is 8.73. The number of fused-ring (bicyclic) bond motifs is 1. The van der Waals surface area contributed by atoms with E-state index in [1.54, 1.807) is 7.05 Å². The number of ether oxygens (including phenoxy) is 1. The van der Waals surface area contributed by atoms with E-state index in [1.807, 2.05) is 54.6 Å². The van der Waals surface area contributed by atoms with Gasteiger partial charge < -0.3 is 4.74 Å². The Kier molecular flexibility index (Phi) is 5.86. The highest BCUT2D eigenvalue weighted by Crippen LogP contribution is 2.23. The van der Waals surface area contributed by atoms with Crippen molar-refractivity contribution in [1.29, 1.82) is 0 Å². The molecule has 0 bridgehead atoms. The van der Waals surface area contributed by atoms with Crippen molar-refractivity contribution in [3.63, 3.8) is 0 Å². The van der Waals surface area contributed by atoms with Crippen molar-refractivity contribution < 1.29 is 9.53 Å². The van der Waals surface area contributed by atoms with Gasteiger partial charge in [-0.15, -0.1) is 11.3 Å². The van der Waals surface area contributed by atoms with Gasteiger partial charge in [0.1, 0.15) is 16.3 Å². The first-order chi connectivity index (χ1) is 15.0. The molecule has 0 fully saturated rings. The lowest BCUT2D eigenvalue weighted by Gasteiger charge is -2.08. The van der Waals surface area contributed by atoms with Crippen molar-refractivity contribution >= 4 is 27.5 Å². The molecule has 2 aromatic heterocycles. The zero-order chi connectivity index (χ0) is 22.0. The molecule has 7 heteroatoms. The summed E-state index contributed by atoms with van der Waals surface area (Å²) in [5.74, 6) is -0.512. The van der Waals surface area contributed by atoms with Gasteiger partial charge in [0, 0.05) is 7.05 Å². The summed E-state index contributed by atoms with van der Waals surface area (Å²) in [5.41, 5.74) is 2.13. The minimum atomic E-state index is -0.512. The summed E-state index contributed by atoms with van der Waals surface area (Å²) in [4.78, 5) is 39.1. The van der Waals surface area contributed by atoms with Crippen LogP contribution in [-0.2, 0) is 31.4 Å². The SMILES string of the molecule is CCc1ccc(COC(=O)c2cc3c(=O)n(Cc4ccccc4)c(=O)n(C)c3s2)cc1. The molecule has 0 N–H and O–H groups in total. The highest BCUT2D eigenvalue weighted by Gasteiger charge is 2.19. The van der Waals surface area contributed by atoms with Gasteiger partial charge >= 0.3 is 11.7 Å². The van der Waals surface area contributed by atoms with Gasteiger partial charge in [-0.05, 0) is 29.2 Å². The normalized spacial score (nSPS) is 11.0. The maximum absolute atomic E-state index is 13.0. The third kappa shape index (κ3) is 4.22. The molecule has 0 saturated heterocycles. The molecule has 0 aliphatic heterocycles. The average Bonchev–Trinajstić information content (AvgIpc) is 3.26. The molecular weight excluding hydrogens is 412 g/mol. The molecule has 0 atom stereocenters. The van der Waals surface area contributed by atoms with Gasteiger partial charge in [0.05, 0.1) is 11.9 Å². The Hall–Kier alpha value is -3.45. The van der Waals surface area contributed by atoms with Gasteiger partial charge in [-0.2, -0.15) is 0 Å². The molecule has 0 aliphatic carbocycles. The minimum Gasteiger partial charge on any atom is -0.457 e. The van der Waals surface area contributed by atoms with E-state index in [2.05, 4.69) is 6.92 Å². The minimum absolute atomic E-state index is 0.147. The highest BCUT2D eigenvalue weighted by molar-refractivity contribution is 7.20. The Bertz CT molecular complexity index is 1350. The van der Waals surface area contributed by atoms with Crippen LogP contribution < -0.4 is 11.2 Å². The predicted octanol–water partition coefficient (Wildman–Crippen LogP) is 3.73. The number of thiophene rings is 1. The average molecular weight is 435 g/mol. The third-order valence-electron chi connectivity index (χ3n) is 5.20. The Morgan fingerprint density at radius 3 is 2.32 bits per heavy atom. The molecule has 0 saturated carbocycles. The molecule has 6 nitrogen and oxygen atoms in total. The quantitative estimate of drug-likeness (QED) is 0.434. The van der Waals surface area contributed by atoms with E-state index in [-0.39, 0.29) is 13.2 Å². The van der Waals surface area contributed by atoms with Crippen LogP contribution in [0.3, 0.4) is 0 Å². The van der Waals surface area contributed by atoms with Crippen LogP contribution in [-0.4, -0.2) is 15.1 Å². The molecule has 0 amide bonds. The second-order valence-electron chi connectivity index (χ2n) is 7.29. The summed E-state index contributed by atoms with van der Waals surface area (Å²) in [6.45, 7) is 2.40. The van der Waals surface area contributed by atoms with Crippen molar-refractivity contribution in [1.82, 2.24) is 9.13 Å². The molecule has 0 unspecified atom stereocenters. The lowest BCUT2D eigenvalue weighted by Crippen LogP contribution is -2.38. The Morgan fingerprint density at radius 2 is 1.65 bits per heavy atom. The van der Waals surface area contributed by atoms with E-state index in [4.69, 9.17) is 4.74 Å². The monoisotopic (exact) mass is 434 g/mol. The fourth-order valence-corrected chi connectivity index (χ4v) is 4.38. The molecule has 0 radical (unpaired) electrons. The van der Waals surface area contributed by atoms with Gasteiger partial charge in [-0.25, -0.2) is 9.59 Å². The van der Waals surface area contributed by atoms with E-state index in [9.17, 15) is 14.4 Å². The number of carbonyl (C=O) groups is 1. The van der Waals surface area contributed by atoms with Gasteiger partial charge in [0.2, 0.25) is 0 Å². The van der Waals surface area contributed by atoms with Crippen LogP contribution in [0.4, 0.5) is 0 Å². The van der Waals surface area contributed by atoms with E-state index in [1.165, 1.54) is 20.8 Å². The summed E-state index contributed by atoms with van der Waals surface area (Å²) in [7, 11) is 1.60. The number of benzene rings is 2. The topological polar surface area (TPSA) is 70.3 Å². The molecule has 2 heterocycles. The fourth-order valence-electron chi connectivity index (χ4n) is 3.38. The van der Waals surface area contributed by atoms with Crippen molar-refractivity contribution in [2.75, 3.05) is 0 Å². The number of esters is 1. The van der Waals surface area contributed by atoms with E-state index in [0.29, 0.717) is 15.1 Å². The fraction of sp³-hybridized carbons (Fsp3) is 0.208. The van der Waals surface area contributed by atoms with Crippen molar-refractivity contribution in [3.8, 4) is 0 Å². The lowest BCUT2D eigenvalue weighted by molar-refractivity contribution is 0.0478. The van der Waals surface area contributed by atoms with Crippen molar-refractivity contribution in [2.24, 2.45) is 7.05 Å². The molecule has 31 heavy (non-hydrogen) atoms. The second-order valence-corrected chi connectivity index (χ2v) is 8.32. The molecular formula is C24H22N2O4S. The largest absolute Gasteiger partial charge is 0.457 e. The molecule has 0 spiro atoms. The van der Waals surface area contributed by atoms with Crippen LogP contribution in [0, 0.1) is 0 Å². The summed E-state index contributed by atoms with van der Waals surface area (Å²) in [6, 6.07) is 18.7. The summed E-state index contributed by atoms with van der Waals surface area (Å²) in [6.07, 6.45) is 0.947. The van der Waals surface area contributed by atoms with Crippen LogP contribution >= 0.6 is 11.3 Å². The van der Waals surface area contributed by atoms with Gasteiger partial charge in [0.25, 0.3) is 5.56 Å². The lowest BCUT2D eigenvalue weighted by atomic mass is 10.1. The molecule has 0 aliphatic rings. The van der Waals surface area contributed by atoms with Crippen LogP contribution in [0.1, 0.15) is 33.3 Å². The van der Waals surface area contributed by atoms with Crippen LogP contribution in [0.25, 0.3) is 10.2 Å². The number of rotatable bonds is 6. The van der Waals surface area contributed by atoms with Crippen LogP contribution in [0.5, 0.6) is 0 Å².